The number of hydrogen-bond donors (Lipinski definition) is 1. The first-order valence-corrected chi connectivity index (χ1v) is 6.29. The third-order valence-corrected chi connectivity index (χ3v) is 4.17. The summed E-state index contributed by atoms with van der Waals surface area (Å²) in [4.78, 5) is 0. The van der Waals surface area contributed by atoms with E-state index in [2.05, 4.69) is 26.0 Å². The third-order valence-electron chi connectivity index (χ3n) is 3.92. The van der Waals surface area contributed by atoms with Gasteiger partial charge in [0.05, 0.1) is 6.10 Å². The van der Waals surface area contributed by atoms with E-state index in [4.69, 9.17) is 11.6 Å². The fraction of sp³-hybridized carbons (Fsp3) is 0.571. The monoisotopic (exact) mass is 238 g/mol. The highest BCUT2D eigenvalue weighted by atomic mass is 35.5. The Kier molecular flexibility index (Phi) is 3.27. The Hall–Kier alpha value is -0.530. The second kappa shape index (κ2) is 4.38. The third kappa shape index (κ3) is 2.41. The van der Waals surface area contributed by atoms with Gasteiger partial charge in [-0.3, -0.25) is 0 Å². The van der Waals surface area contributed by atoms with E-state index in [1.807, 2.05) is 12.1 Å². The molecule has 2 heteroatoms. The van der Waals surface area contributed by atoms with Crippen LogP contribution in [-0.4, -0.2) is 11.2 Å². The lowest BCUT2D eigenvalue weighted by atomic mass is 9.78. The zero-order chi connectivity index (χ0) is 11.8. The molecular weight excluding hydrogens is 220 g/mol. The Morgan fingerprint density at radius 3 is 2.44 bits per heavy atom. The summed E-state index contributed by atoms with van der Waals surface area (Å²) in [5.41, 5.74) is 1.52. The van der Waals surface area contributed by atoms with Gasteiger partial charge in [0.15, 0.2) is 0 Å². The Morgan fingerprint density at radius 1 is 1.31 bits per heavy atom. The van der Waals surface area contributed by atoms with Gasteiger partial charge in [0.2, 0.25) is 0 Å². The molecule has 0 heterocycles. The molecule has 0 radical (unpaired) electrons. The molecule has 1 aliphatic carbocycles. The van der Waals surface area contributed by atoms with E-state index >= 15 is 0 Å². The molecule has 1 N–H and O–H groups in total. The summed E-state index contributed by atoms with van der Waals surface area (Å²) >= 11 is 5.86. The number of aliphatic hydroxyl groups is 1. The fourth-order valence-electron chi connectivity index (χ4n) is 2.71. The van der Waals surface area contributed by atoms with Crippen LogP contribution in [0.25, 0.3) is 0 Å². The molecule has 0 spiro atoms. The Bertz CT molecular complexity index is 356. The van der Waals surface area contributed by atoms with E-state index in [9.17, 15) is 5.11 Å². The van der Waals surface area contributed by atoms with Gasteiger partial charge in [-0.05, 0) is 48.3 Å². The Balaban J connectivity index is 2.11. The van der Waals surface area contributed by atoms with Crippen LogP contribution in [0.1, 0.15) is 32.3 Å². The molecule has 2 unspecified atom stereocenters. The zero-order valence-corrected chi connectivity index (χ0v) is 10.7. The highest BCUT2D eigenvalue weighted by molar-refractivity contribution is 6.30. The van der Waals surface area contributed by atoms with Gasteiger partial charge in [-0.15, -0.1) is 0 Å². The van der Waals surface area contributed by atoms with Crippen molar-refractivity contribution >= 4 is 11.6 Å². The smallest absolute Gasteiger partial charge is 0.0576 e. The maximum absolute atomic E-state index is 10.0. The summed E-state index contributed by atoms with van der Waals surface area (Å²) in [6.07, 6.45) is 2.86. The summed E-state index contributed by atoms with van der Waals surface area (Å²) < 4.78 is 0. The molecule has 1 aromatic carbocycles. The maximum Gasteiger partial charge on any atom is 0.0576 e. The van der Waals surface area contributed by atoms with Gasteiger partial charge in [-0.2, -0.15) is 0 Å². The number of benzene rings is 1. The molecule has 0 amide bonds. The molecule has 1 fully saturated rings. The van der Waals surface area contributed by atoms with Crippen LogP contribution < -0.4 is 0 Å². The fourth-order valence-corrected chi connectivity index (χ4v) is 2.84. The van der Waals surface area contributed by atoms with E-state index in [1.165, 1.54) is 5.56 Å². The van der Waals surface area contributed by atoms with Crippen LogP contribution in [-0.2, 0) is 6.42 Å². The van der Waals surface area contributed by atoms with Crippen molar-refractivity contribution in [3.63, 3.8) is 0 Å². The lowest BCUT2D eigenvalue weighted by molar-refractivity contribution is 0.0932. The van der Waals surface area contributed by atoms with Gasteiger partial charge in [0.25, 0.3) is 0 Å². The van der Waals surface area contributed by atoms with E-state index in [-0.39, 0.29) is 11.5 Å². The van der Waals surface area contributed by atoms with E-state index in [1.54, 1.807) is 0 Å². The molecule has 1 aliphatic rings. The molecule has 2 rings (SSSR count). The summed E-state index contributed by atoms with van der Waals surface area (Å²) in [5.74, 6) is 0.369. The minimum atomic E-state index is -0.148. The minimum absolute atomic E-state index is 0.148. The second-order valence-electron chi connectivity index (χ2n) is 5.53. The van der Waals surface area contributed by atoms with Crippen molar-refractivity contribution in [2.75, 3.05) is 0 Å². The SMILES string of the molecule is CC1(C)CCC(O)C1Cc1ccc(Cl)cc1. The van der Waals surface area contributed by atoms with Crippen molar-refractivity contribution < 1.29 is 5.11 Å². The second-order valence-corrected chi connectivity index (χ2v) is 5.97. The summed E-state index contributed by atoms with van der Waals surface area (Å²) in [6.45, 7) is 4.51. The maximum atomic E-state index is 10.0. The van der Waals surface area contributed by atoms with Crippen LogP contribution in [0.2, 0.25) is 5.02 Å². The normalized spacial score (nSPS) is 28.2. The molecule has 1 nitrogen and oxygen atoms in total. The summed E-state index contributed by atoms with van der Waals surface area (Å²) in [6, 6.07) is 7.96. The van der Waals surface area contributed by atoms with Crippen molar-refractivity contribution in [1.29, 1.82) is 0 Å². The minimum Gasteiger partial charge on any atom is -0.393 e. The van der Waals surface area contributed by atoms with Crippen LogP contribution in [0.4, 0.5) is 0 Å². The molecular formula is C14H19ClO. The van der Waals surface area contributed by atoms with Gasteiger partial charge in [-0.25, -0.2) is 0 Å². The first-order valence-electron chi connectivity index (χ1n) is 5.91. The highest BCUT2D eigenvalue weighted by Gasteiger charge is 2.40. The molecule has 1 saturated carbocycles. The molecule has 88 valence electrons. The van der Waals surface area contributed by atoms with Gasteiger partial charge in [-0.1, -0.05) is 37.6 Å². The highest BCUT2D eigenvalue weighted by Crippen LogP contribution is 2.44. The largest absolute Gasteiger partial charge is 0.393 e. The van der Waals surface area contributed by atoms with Crippen LogP contribution in [0.3, 0.4) is 0 Å². The van der Waals surface area contributed by atoms with Crippen LogP contribution >= 0.6 is 11.6 Å². The van der Waals surface area contributed by atoms with E-state index < -0.39 is 0 Å². The lowest BCUT2D eigenvalue weighted by Gasteiger charge is -2.28. The average molecular weight is 239 g/mol. The van der Waals surface area contributed by atoms with Crippen LogP contribution in [0.15, 0.2) is 24.3 Å². The van der Waals surface area contributed by atoms with Crippen molar-refractivity contribution in [3.05, 3.63) is 34.9 Å². The molecule has 0 aromatic heterocycles. The number of halogens is 1. The first kappa shape index (κ1) is 11.9. The van der Waals surface area contributed by atoms with Crippen molar-refractivity contribution in [3.8, 4) is 0 Å². The topological polar surface area (TPSA) is 20.2 Å². The van der Waals surface area contributed by atoms with E-state index in [0.29, 0.717) is 5.92 Å². The van der Waals surface area contributed by atoms with Crippen LogP contribution in [0.5, 0.6) is 0 Å². The van der Waals surface area contributed by atoms with Crippen molar-refractivity contribution in [2.45, 2.75) is 39.2 Å². The molecule has 0 saturated heterocycles. The standard InChI is InChI=1S/C14H19ClO/c1-14(2)8-7-13(16)12(14)9-10-3-5-11(15)6-4-10/h3-6,12-13,16H,7-9H2,1-2H3. The molecule has 0 aliphatic heterocycles. The zero-order valence-electron chi connectivity index (χ0n) is 9.91. The Labute approximate surface area is 102 Å². The molecule has 0 bridgehead atoms. The van der Waals surface area contributed by atoms with Gasteiger partial charge in [0.1, 0.15) is 0 Å². The van der Waals surface area contributed by atoms with Crippen LogP contribution in [0, 0.1) is 11.3 Å². The van der Waals surface area contributed by atoms with Gasteiger partial charge >= 0.3 is 0 Å². The first-order chi connectivity index (χ1) is 7.49. The number of hydrogen-bond acceptors (Lipinski definition) is 1. The predicted octanol–water partition coefficient (Wildman–Crippen LogP) is 3.68. The van der Waals surface area contributed by atoms with Gasteiger partial charge < -0.3 is 5.11 Å². The van der Waals surface area contributed by atoms with Gasteiger partial charge in [0, 0.05) is 5.02 Å². The average Bonchev–Trinajstić information content (AvgIpc) is 2.48. The molecule has 2 atom stereocenters. The summed E-state index contributed by atoms with van der Waals surface area (Å²) in [7, 11) is 0. The summed E-state index contributed by atoms with van der Waals surface area (Å²) in [5, 5.41) is 10.8. The van der Waals surface area contributed by atoms with Crippen molar-refractivity contribution in [1.82, 2.24) is 0 Å². The van der Waals surface area contributed by atoms with Crippen molar-refractivity contribution in [2.24, 2.45) is 11.3 Å². The lowest BCUT2D eigenvalue weighted by Crippen LogP contribution is -2.27. The number of rotatable bonds is 2. The molecule has 16 heavy (non-hydrogen) atoms. The predicted molar refractivity (Wildman–Crippen MR) is 67.7 cm³/mol. The number of aliphatic hydroxyl groups excluding tert-OH is 1. The Morgan fingerprint density at radius 2 is 1.94 bits per heavy atom. The van der Waals surface area contributed by atoms with E-state index in [0.717, 1.165) is 24.3 Å². The quantitative estimate of drug-likeness (QED) is 0.834. The molecule has 1 aromatic rings.